The van der Waals surface area contributed by atoms with E-state index in [1.807, 2.05) is 35.2 Å². The summed E-state index contributed by atoms with van der Waals surface area (Å²) >= 11 is 3.20. The van der Waals surface area contributed by atoms with Gasteiger partial charge in [0, 0.05) is 18.0 Å². The minimum absolute atomic E-state index is 0.112. The summed E-state index contributed by atoms with van der Waals surface area (Å²) in [7, 11) is 0. The number of amides is 1. The van der Waals surface area contributed by atoms with Gasteiger partial charge in [-0.25, -0.2) is 4.98 Å². The number of hydrogen-bond donors (Lipinski definition) is 0. The Hall–Kier alpha value is -1.89. The van der Waals surface area contributed by atoms with E-state index in [4.69, 9.17) is 4.98 Å². The number of thiazole rings is 1. The molecule has 0 aliphatic heterocycles. The van der Waals surface area contributed by atoms with Gasteiger partial charge in [-0.3, -0.25) is 9.69 Å². The number of rotatable bonds is 10. The van der Waals surface area contributed by atoms with E-state index < -0.39 is 0 Å². The molecule has 1 heterocycles. The lowest BCUT2D eigenvalue weighted by atomic mass is 10.2. The molecule has 6 heteroatoms. The topological polar surface area (TPSA) is 36.4 Å². The van der Waals surface area contributed by atoms with E-state index >= 15 is 0 Å². The fourth-order valence-electron chi connectivity index (χ4n) is 3.14. The molecule has 0 saturated heterocycles. The quantitative estimate of drug-likeness (QED) is 0.410. The second-order valence-corrected chi connectivity index (χ2v) is 8.88. The molecule has 0 spiro atoms. The standard InChI is InChI=1S/C23H29N3OS2/c1-4-18-12-13-20-21(16-18)29-23(24-20)26(15-14-25(5-2)6-3)22(27)17-28-19-10-8-7-9-11-19/h7-13,16H,4-6,14-15,17H2,1-3H3. The average Bonchev–Trinajstić information content (AvgIpc) is 3.18. The van der Waals surface area contributed by atoms with Gasteiger partial charge in [-0.05, 0) is 49.3 Å². The first-order valence-corrected chi connectivity index (χ1v) is 12.0. The van der Waals surface area contributed by atoms with Crippen molar-refractivity contribution in [1.82, 2.24) is 9.88 Å². The van der Waals surface area contributed by atoms with E-state index in [1.165, 1.54) is 5.56 Å². The molecular formula is C23H29N3OS2. The molecule has 0 saturated carbocycles. The third-order valence-corrected chi connectivity index (χ3v) is 7.06. The first kappa shape index (κ1) is 21.8. The minimum atomic E-state index is 0.112. The van der Waals surface area contributed by atoms with Gasteiger partial charge in [-0.15, -0.1) is 11.8 Å². The number of nitrogens with zero attached hydrogens (tertiary/aromatic N) is 3. The fraction of sp³-hybridized carbons (Fsp3) is 0.391. The fourth-order valence-corrected chi connectivity index (χ4v) is 5.01. The molecule has 0 unspecified atom stereocenters. The molecule has 2 aromatic carbocycles. The Morgan fingerprint density at radius 3 is 2.48 bits per heavy atom. The van der Waals surface area contributed by atoms with Gasteiger partial charge < -0.3 is 4.90 Å². The van der Waals surface area contributed by atoms with Gasteiger partial charge in [-0.2, -0.15) is 0 Å². The number of likely N-dealkylation sites (N-methyl/N-ethyl adjacent to an activating group) is 1. The third-order valence-electron chi connectivity index (χ3n) is 5.02. The highest BCUT2D eigenvalue weighted by atomic mass is 32.2. The normalized spacial score (nSPS) is 11.3. The van der Waals surface area contributed by atoms with Gasteiger partial charge in [0.05, 0.1) is 16.0 Å². The maximum atomic E-state index is 13.2. The molecule has 3 aromatic rings. The molecule has 0 fully saturated rings. The lowest BCUT2D eigenvalue weighted by molar-refractivity contribution is -0.116. The maximum absolute atomic E-state index is 13.2. The number of thioether (sulfide) groups is 1. The zero-order valence-corrected chi connectivity index (χ0v) is 19.1. The summed E-state index contributed by atoms with van der Waals surface area (Å²) in [5.41, 5.74) is 2.27. The Morgan fingerprint density at radius 2 is 1.79 bits per heavy atom. The van der Waals surface area contributed by atoms with Gasteiger partial charge in [-0.1, -0.05) is 56.4 Å². The summed E-state index contributed by atoms with van der Waals surface area (Å²) in [5, 5.41) is 0.805. The van der Waals surface area contributed by atoms with Crippen LogP contribution in [0.25, 0.3) is 10.2 Å². The second-order valence-electron chi connectivity index (χ2n) is 6.83. The Labute approximate surface area is 181 Å². The van der Waals surface area contributed by atoms with Gasteiger partial charge in [0.1, 0.15) is 0 Å². The number of hydrogen-bond acceptors (Lipinski definition) is 5. The second kappa shape index (κ2) is 10.8. The average molecular weight is 428 g/mol. The van der Waals surface area contributed by atoms with Crippen molar-refractivity contribution in [3.05, 3.63) is 54.1 Å². The summed E-state index contributed by atoms with van der Waals surface area (Å²) in [6.07, 6.45) is 1.00. The molecule has 0 N–H and O–H groups in total. The van der Waals surface area contributed by atoms with E-state index in [0.717, 1.165) is 46.3 Å². The van der Waals surface area contributed by atoms with Crippen molar-refractivity contribution in [1.29, 1.82) is 0 Å². The largest absolute Gasteiger partial charge is 0.302 e. The van der Waals surface area contributed by atoms with Crippen LogP contribution in [0.3, 0.4) is 0 Å². The lowest BCUT2D eigenvalue weighted by Crippen LogP contribution is -2.39. The number of fused-ring (bicyclic) bond motifs is 1. The number of anilines is 1. The van der Waals surface area contributed by atoms with Crippen molar-refractivity contribution in [3.63, 3.8) is 0 Å². The molecule has 1 aromatic heterocycles. The smallest absolute Gasteiger partial charge is 0.239 e. The molecule has 0 atom stereocenters. The third kappa shape index (κ3) is 5.81. The Morgan fingerprint density at radius 1 is 1.03 bits per heavy atom. The lowest BCUT2D eigenvalue weighted by Gasteiger charge is -2.24. The first-order chi connectivity index (χ1) is 14.1. The summed E-state index contributed by atoms with van der Waals surface area (Å²) in [4.78, 5) is 23.3. The van der Waals surface area contributed by atoms with Crippen LogP contribution < -0.4 is 4.90 Å². The summed E-state index contributed by atoms with van der Waals surface area (Å²) < 4.78 is 1.15. The van der Waals surface area contributed by atoms with Crippen LogP contribution >= 0.6 is 23.1 Å². The molecule has 0 aliphatic rings. The molecule has 4 nitrogen and oxygen atoms in total. The van der Waals surface area contributed by atoms with Gasteiger partial charge in [0.15, 0.2) is 5.13 Å². The van der Waals surface area contributed by atoms with E-state index in [2.05, 4.69) is 43.9 Å². The van der Waals surface area contributed by atoms with Gasteiger partial charge >= 0.3 is 0 Å². The SMILES string of the molecule is CCc1ccc2nc(N(CCN(CC)CC)C(=O)CSc3ccccc3)sc2c1. The Balaban J connectivity index is 1.80. The zero-order valence-electron chi connectivity index (χ0n) is 17.4. The van der Waals surface area contributed by atoms with Crippen LogP contribution in [0.1, 0.15) is 26.3 Å². The summed E-state index contributed by atoms with van der Waals surface area (Å²) in [6.45, 7) is 9.95. The van der Waals surface area contributed by atoms with Crippen molar-refractivity contribution in [2.24, 2.45) is 0 Å². The number of benzene rings is 2. The van der Waals surface area contributed by atoms with Crippen molar-refractivity contribution < 1.29 is 4.79 Å². The highest BCUT2D eigenvalue weighted by Crippen LogP contribution is 2.30. The molecule has 0 aliphatic carbocycles. The van der Waals surface area contributed by atoms with Crippen LogP contribution in [0.2, 0.25) is 0 Å². The van der Waals surface area contributed by atoms with Gasteiger partial charge in [0.25, 0.3) is 0 Å². The zero-order chi connectivity index (χ0) is 20.6. The van der Waals surface area contributed by atoms with Crippen LogP contribution in [-0.4, -0.2) is 47.7 Å². The van der Waals surface area contributed by atoms with Crippen LogP contribution in [0, 0.1) is 0 Å². The van der Waals surface area contributed by atoms with E-state index in [1.54, 1.807) is 23.1 Å². The Bertz CT molecular complexity index is 922. The summed E-state index contributed by atoms with van der Waals surface area (Å²) in [6, 6.07) is 16.5. The van der Waals surface area contributed by atoms with Crippen molar-refractivity contribution in [3.8, 4) is 0 Å². The van der Waals surface area contributed by atoms with Crippen LogP contribution in [0.4, 0.5) is 5.13 Å². The van der Waals surface area contributed by atoms with Crippen LogP contribution in [-0.2, 0) is 11.2 Å². The number of carbonyl (C=O) groups excluding carboxylic acids is 1. The molecule has 1 amide bonds. The molecule has 0 bridgehead atoms. The van der Waals surface area contributed by atoms with Crippen molar-refractivity contribution >= 4 is 44.4 Å². The van der Waals surface area contributed by atoms with Crippen LogP contribution in [0.5, 0.6) is 0 Å². The monoisotopic (exact) mass is 427 g/mol. The Kier molecular flexibility index (Phi) is 8.09. The number of aromatic nitrogens is 1. The van der Waals surface area contributed by atoms with E-state index in [0.29, 0.717) is 12.3 Å². The number of aryl methyl sites for hydroxylation is 1. The first-order valence-electron chi connectivity index (χ1n) is 10.2. The highest BCUT2D eigenvalue weighted by Gasteiger charge is 2.20. The maximum Gasteiger partial charge on any atom is 0.239 e. The molecule has 0 radical (unpaired) electrons. The van der Waals surface area contributed by atoms with Crippen molar-refractivity contribution in [2.75, 3.05) is 36.8 Å². The predicted molar refractivity (Wildman–Crippen MR) is 126 cm³/mol. The molecule has 3 rings (SSSR count). The summed E-state index contributed by atoms with van der Waals surface area (Å²) in [5.74, 6) is 0.527. The highest BCUT2D eigenvalue weighted by molar-refractivity contribution is 8.00. The number of carbonyl (C=O) groups is 1. The van der Waals surface area contributed by atoms with Gasteiger partial charge in [0.2, 0.25) is 5.91 Å². The van der Waals surface area contributed by atoms with E-state index in [9.17, 15) is 4.79 Å². The predicted octanol–water partition coefficient (Wildman–Crippen LogP) is 5.33. The molecule has 154 valence electrons. The van der Waals surface area contributed by atoms with Crippen molar-refractivity contribution in [2.45, 2.75) is 32.1 Å². The molecule has 29 heavy (non-hydrogen) atoms. The van der Waals surface area contributed by atoms with Crippen LogP contribution in [0.15, 0.2) is 53.4 Å². The van der Waals surface area contributed by atoms with E-state index in [-0.39, 0.29) is 5.91 Å². The molecular weight excluding hydrogens is 398 g/mol. The minimum Gasteiger partial charge on any atom is -0.302 e.